The number of anilines is 1. The molecule has 0 aliphatic heterocycles. The number of nitrogens with one attached hydrogen (secondary N) is 1. The van der Waals surface area contributed by atoms with Gasteiger partial charge in [0.25, 0.3) is 5.91 Å². The Balaban J connectivity index is 2.01. The first kappa shape index (κ1) is 17.8. The summed E-state index contributed by atoms with van der Waals surface area (Å²) in [6, 6.07) is 5.78. The molecule has 0 aromatic heterocycles. The monoisotopic (exact) mass is 319 g/mol. The lowest BCUT2D eigenvalue weighted by atomic mass is 9.98. The van der Waals surface area contributed by atoms with Crippen LogP contribution in [0.25, 0.3) is 0 Å². The van der Waals surface area contributed by atoms with Crippen LogP contribution in [0.5, 0.6) is 5.75 Å². The molecule has 2 rings (SSSR count). The summed E-state index contributed by atoms with van der Waals surface area (Å²) in [6.45, 7) is 9.25. The summed E-state index contributed by atoms with van der Waals surface area (Å²) in [5.41, 5.74) is 1.10. The third-order valence-corrected chi connectivity index (χ3v) is 4.44. The maximum Gasteiger partial charge on any atom is 0.256 e. The summed E-state index contributed by atoms with van der Waals surface area (Å²) in [5.74, 6) is 1.16. The molecule has 1 aromatic carbocycles. The van der Waals surface area contributed by atoms with E-state index in [1.807, 2.05) is 39.0 Å². The Kier molecular flexibility index (Phi) is 6.05. The lowest BCUT2D eigenvalue weighted by Gasteiger charge is -2.28. The van der Waals surface area contributed by atoms with Gasteiger partial charge >= 0.3 is 0 Å². The minimum absolute atomic E-state index is 0.0547. The highest BCUT2D eigenvalue weighted by Gasteiger charge is 2.48. The fourth-order valence-electron chi connectivity index (χ4n) is 2.77. The molecule has 1 saturated carbocycles. The van der Waals surface area contributed by atoms with Gasteiger partial charge in [-0.1, -0.05) is 13.3 Å². The molecule has 0 bridgehead atoms. The van der Waals surface area contributed by atoms with Gasteiger partial charge in [-0.25, -0.2) is 0 Å². The van der Waals surface area contributed by atoms with Crippen LogP contribution in [-0.2, 0) is 9.53 Å². The van der Waals surface area contributed by atoms with Crippen LogP contribution >= 0.6 is 0 Å². The molecule has 0 unspecified atom stereocenters. The minimum Gasteiger partial charge on any atom is -0.493 e. The first-order chi connectivity index (χ1) is 11.0. The molecule has 1 aliphatic rings. The maximum absolute atomic E-state index is 12.6. The van der Waals surface area contributed by atoms with Crippen molar-refractivity contribution in [3.63, 3.8) is 0 Å². The van der Waals surface area contributed by atoms with Crippen LogP contribution in [-0.4, -0.2) is 24.7 Å². The highest BCUT2D eigenvalue weighted by Crippen LogP contribution is 2.42. The number of amides is 1. The zero-order chi connectivity index (χ0) is 16.9. The number of aryl methyl sites for hydroxylation is 1. The molecule has 0 heterocycles. The van der Waals surface area contributed by atoms with Crippen LogP contribution in [0.15, 0.2) is 18.2 Å². The molecule has 1 N–H and O–H groups in total. The number of unbranched alkanes of at least 4 members (excludes halogenated alkanes) is 1. The normalized spacial score (nSPS) is 16.7. The van der Waals surface area contributed by atoms with Crippen LogP contribution in [0.3, 0.4) is 0 Å². The van der Waals surface area contributed by atoms with Gasteiger partial charge in [0.1, 0.15) is 11.4 Å². The number of carbonyl (C=O) groups excluding carboxylic acids is 1. The molecule has 0 saturated heterocycles. The fraction of sp³-hybridized carbons (Fsp3) is 0.632. The summed E-state index contributed by atoms with van der Waals surface area (Å²) in [7, 11) is 0. The van der Waals surface area contributed by atoms with Gasteiger partial charge in [0.05, 0.1) is 6.61 Å². The number of hydrogen-bond acceptors (Lipinski definition) is 3. The molecular weight excluding hydrogens is 290 g/mol. The van der Waals surface area contributed by atoms with Gasteiger partial charge in [-0.15, -0.1) is 0 Å². The van der Waals surface area contributed by atoms with Crippen molar-refractivity contribution in [2.24, 2.45) is 5.92 Å². The van der Waals surface area contributed by atoms with Crippen LogP contribution in [0.4, 0.5) is 5.69 Å². The smallest absolute Gasteiger partial charge is 0.256 e. The molecule has 1 atom stereocenters. The van der Waals surface area contributed by atoms with Crippen molar-refractivity contribution < 1.29 is 14.3 Å². The van der Waals surface area contributed by atoms with E-state index in [4.69, 9.17) is 9.47 Å². The van der Waals surface area contributed by atoms with Gasteiger partial charge in [-0.05, 0) is 69.7 Å². The molecule has 4 nitrogen and oxygen atoms in total. The standard InChI is InChI=1S/C19H29NO3/c1-5-7-12-22-17-11-10-16(13-14(17)3)20-18(21)19(4,23-6-2)15-8-9-15/h10-11,13,15H,5-9,12H2,1-4H3,(H,20,21)/t19-/m1/s1. The molecule has 23 heavy (non-hydrogen) atoms. The predicted molar refractivity (Wildman–Crippen MR) is 93.0 cm³/mol. The van der Waals surface area contributed by atoms with E-state index in [1.165, 1.54) is 0 Å². The Morgan fingerprint density at radius 2 is 2.09 bits per heavy atom. The van der Waals surface area contributed by atoms with Gasteiger partial charge in [0.2, 0.25) is 0 Å². The van der Waals surface area contributed by atoms with Crippen molar-refractivity contribution in [3.05, 3.63) is 23.8 Å². The summed E-state index contributed by atoms with van der Waals surface area (Å²) < 4.78 is 11.5. The summed E-state index contributed by atoms with van der Waals surface area (Å²) >= 11 is 0. The van der Waals surface area contributed by atoms with Crippen molar-refractivity contribution in [2.75, 3.05) is 18.5 Å². The molecule has 1 fully saturated rings. The molecule has 4 heteroatoms. The Bertz CT molecular complexity index is 539. The van der Waals surface area contributed by atoms with Crippen molar-refractivity contribution >= 4 is 11.6 Å². The largest absolute Gasteiger partial charge is 0.493 e. The summed E-state index contributed by atoms with van der Waals surface area (Å²) in [4.78, 5) is 12.6. The van der Waals surface area contributed by atoms with E-state index in [-0.39, 0.29) is 5.91 Å². The first-order valence-electron chi connectivity index (χ1n) is 8.70. The molecule has 128 valence electrons. The average molecular weight is 319 g/mol. The van der Waals surface area contributed by atoms with Crippen LogP contribution in [0, 0.1) is 12.8 Å². The fourth-order valence-corrected chi connectivity index (χ4v) is 2.77. The van der Waals surface area contributed by atoms with Crippen LogP contribution in [0.2, 0.25) is 0 Å². The number of ether oxygens (including phenoxy) is 2. The second kappa shape index (κ2) is 7.82. The van der Waals surface area contributed by atoms with E-state index < -0.39 is 5.60 Å². The van der Waals surface area contributed by atoms with Gasteiger partial charge < -0.3 is 14.8 Å². The van der Waals surface area contributed by atoms with Crippen LogP contribution < -0.4 is 10.1 Å². The van der Waals surface area contributed by atoms with Crippen molar-refractivity contribution in [3.8, 4) is 5.75 Å². The SMILES string of the molecule is CCCCOc1ccc(NC(=O)[C@](C)(OCC)C2CC2)cc1C. The molecular formula is C19H29NO3. The zero-order valence-electron chi connectivity index (χ0n) is 14.8. The first-order valence-corrected chi connectivity index (χ1v) is 8.70. The van der Waals surface area contributed by atoms with E-state index in [1.54, 1.807) is 0 Å². The van der Waals surface area contributed by atoms with E-state index >= 15 is 0 Å². The van der Waals surface area contributed by atoms with E-state index in [9.17, 15) is 4.79 Å². The number of carbonyl (C=O) groups is 1. The topological polar surface area (TPSA) is 47.6 Å². The Labute approximate surface area is 139 Å². The average Bonchev–Trinajstić information content (AvgIpc) is 3.35. The predicted octanol–water partition coefficient (Wildman–Crippen LogP) is 4.32. The van der Waals surface area contributed by atoms with Gasteiger partial charge in [-0.3, -0.25) is 4.79 Å². The second-order valence-electron chi connectivity index (χ2n) is 6.45. The Morgan fingerprint density at radius 1 is 1.35 bits per heavy atom. The number of hydrogen-bond donors (Lipinski definition) is 1. The van der Waals surface area contributed by atoms with E-state index in [2.05, 4.69) is 12.2 Å². The van der Waals surface area contributed by atoms with Crippen molar-refractivity contribution in [1.29, 1.82) is 0 Å². The zero-order valence-corrected chi connectivity index (χ0v) is 14.8. The van der Waals surface area contributed by atoms with E-state index in [0.717, 1.165) is 49.3 Å². The van der Waals surface area contributed by atoms with Crippen LogP contribution in [0.1, 0.15) is 52.0 Å². The van der Waals surface area contributed by atoms with E-state index in [0.29, 0.717) is 12.5 Å². The van der Waals surface area contributed by atoms with Gasteiger partial charge in [-0.2, -0.15) is 0 Å². The minimum atomic E-state index is -0.723. The Morgan fingerprint density at radius 3 is 2.65 bits per heavy atom. The molecule has 1 amide bonds. The molecule has 0 radical (unpaired) electrons. The molecule has 1 aromatic rings. The third-order valence-electron chi connectivity index (χ3n) is 4.44. The summed E-state index contributed by atoms with van der Waals surface area (Å²) in [5, 5.41) is 3.00. The number of benzene rings is 1. The highest BCUT2D eigenvalue weighted by molar-refractivity contribution is 5.97. The highest BCUT2D eigenvalue weighted by atomic mass is 16.5. The van der Waals surface area contributed by atoms with Gasteiger partial charge in [0, 0.05) is 12.3 Å². The van der Waals surface area contributed by atoms with Gasteiger partial charge in [0.15, 0.2) is 0 Å². The Hall–Kier alpha value is -1.55. The quantitative estimate of drug-likeness (QED) is 0.690. The number of rotatable bonds is 9. The summed E-state index contributed by atoms with van der Waals surface area (Å²) in [6.07, 6.45) is 4.29. The van der Waals surface area contributed by atoms with Crippen molar-refractivity contribution in [2.45, 2.75) is 59.0 Å². The van der Waals surface area contributed by atoms with Crippen molar-refractivity contribution in [1.82, 2.24) is 0 Å². The third kappa shape index (κ3) is 4.47. The molecule has 1 aliphatic carbocycles. The molecule has 0 spiro atoms. The lowest BCUT2D eigenvalue weighted by molar-refractivity contribution is -0.141. The maximum atomic E-state index is 12.6. The second-order valence-corrected chi connectivity index (χ2v) is 6.45. The lowest BCUT2D eigenvalue weighted by Crippen LogP contribution is -2.44.